The van der Waals surface area contributed by atoms with Crippen LogP contribution in [0.15, 0.2) is 11.6 Å². The van der Waals surface area contributed by atoms with E-state index in [1.807, 2.05) is 12.3 Å². The third-order valence-corrected chi connectivity index (χ3v) is 10.6. The van der Waals surface area contributed by atoms with Crippen LogP contribution in [0.2, 0.25) is 0 Å². The van der Waals surface area contributed by atoms with Gasteiger partial charge in [-0.1, -0.05) is 19.4 Å². The molecule has 3 saturated carbocycles. The number of amides is 1. The van der Waals surface area contributed by atoms with Crippen LogP contribution >= 0.6 is 11.8 Å². The topological polar surface area (TPSA) is 110 Å². The van der Waals surface area contributed by atoms with E-state index in [1.165, 1.54) is 17.3 Å². The average molecular weight is 520 g/mol. The minimum Gasteiger partial charge on any atom is -0.480 e. The molecule has 0 aliphatic heterocycles. The molecule has 0 aromatic carbocycles. The van der Waals surface area contributed by atoms with Gasteiger partial charge in [0, 0.05) is 18.3 Å². The Morgan fingerprint density at radius 2 is 1.89 bits per heavy atom. The van der Waals surface area contributed by atoms with E-state index >= 15 is 0 Å². The van der Waals surface area contributed by atoms with Crippen LogP contribution in [0.25, 0.3) is 0 Å². The summed E-state index contributed by atoms with van der Waals surface area (Å²) in [6, 6.07) is -0.930. The molecule has 3 fully saturated rings. The van der Waals surface area contributed by atoms with Crippen LogP contribution in [-0.4, -0.2) is 52.9 Å². The van der Waals surface area contributed by atoms with Crippen molar-refractivity contribution in [3.05, 3.63) is 11.6 Å². The predicted octanol–water partition coefficient (Wildman–Crippen LogP) is 4.53. The molecular weight excluding hydrogens is 478 g/mol. The number of hydrogen-bond acceptors (Lipinski definition) is 6. The van der Waals surface area contributed by atoms with Crippen molar-refractivity contribution in [2.24, 2.45) is 28.6 Å². The number of carbonyl (C=O) groups is 4. The molecular formula is C28H41NO6S. The number of ketones is 1. The highest BCUT2D eigenvalue weighted by Crippen LogP contribution is 2.65. The Labute approximate surface area is 218 Å². The Balaban J connectivity index is 1.32. The fourth-order valence-corrected chi connectivity index (χ4v) is 8.37. The van der Waals surface area contributed by atoms with Crippen molar-refractivity contribution < 1.29 is 29.0 Å². The number of thioether (sulfide) groups is 1. The summed E-state index contributed by atoms with van der Waals surface area (Å²) in [6.45, 7) is 4.66. The predicted molar refractivity (Wildman–Crippen MR) is 138 cm³/mol. The number of aliphatic carboxylic acids is 1. The maximum Gasteiger partial charge on any atom is 0.326 e. The quantitative estimate of drug-likeness (QED) is 0.431. The van der Waals surface area contributed by atoms with Crippen LogP contribution in [0.1, 0.15) is 84.5 Å². The molecule has 1 amide bonds. The van der Waals surface area contributed by atoms with Gasteiger partial charge in [-0.15, -0.1) is 0 Å². The minimum atomic E-state index is -1.06. The molecule has 4 aliphatic carbocycles. The summed E-state index contributed by atoms with van der Waals surface area (Å²) in [4.78, 5) is 48.4. The molecule has 7 nitrogen and oxygen atoms in total. The van der Waals surface area contributed by atoms with E-state index in [0.717, 1.165) is 44.9 Å². The van der Waals surface area contributed by atoms with Gasteiger partial charge in [0.05, 0.1) is 6.42 Å². The molecule has 0 spiro atoms. The van der Waals surface area contributed by atoms with Gasteiger partial charge < -0.3 is 15.2 Å². The highest BCUT2D eigenvalue weighted by Gasteiger charge is 2.59. The van der Waals surface area contributed by atoms with Crippen molar-refractivity contribution in [3.63, 3.8) is 0 Å². The van der Waals surface area contributed by atoms with Crippen molar-refractivity contribution >= 4 is 35.4 Å². The molecule has 4 aliphatic rings. The second kappa shape index (κ2) is 10.9. The number of allylic oxidation sites excluding steroid dienone is 1. The lowest BCUT2D eigenvalue weighted by Crippen LogP contribution is -2.51. The van der Waals surface area contributed by atoms with Crippen molar-refractivity contribution in [2.45, 2.75) is 96.6 Å². The van der Waals surface area contributed by atoms with E-state index in [0.29, 0.717) is 36.3 Å². The third kappa shape index (κ3) is 5.25. The monoisotopic (exact) mass is 519 g/mol. The molecule has 0 unspecified atom stereocenters. The maximum absolute atomic E-state index is 12.7. The van der Waals surface area contributed by atoms with Gasteiger partial charge in [0.1, 0.15) is 12.1 Å². The lowest BCUT2D eigenvalue weighted by Gasteiger charge is -2.57. The van der Waals surface area contributed by atoms with Crippen LogP contribution in [0.4, 0.5) is 0 Å². The van der Waals surface area contributed by atoms with Gasteiger partial charge in [-0.05, 0) is 92.6 Å². The zero-order chi connectivity index (χ0) is 26.1. The van der Waals surface area contributed by atoms with Crippen molar-refractivity contribution in [2.75, 3.05) is 12.0 Å². The molecule has 0 bridgehead atoms. The first-order valence-corrected chi connectivity index (χ1v) is 14.9. The number of carboxylic acids is 1. The smallest absolute Gasteiger partial charge is 0.326 e. The Morgan fingerprint density at radius 1 is 1.11 bits per heavy atom. The first-order chi connectivity index (χ1) is 17.1. The van der Waals surface area contributed by atoms with Crippen molar-refractivity contribution in [3.8, 4) is 0 Å². The standard InChI is InChI=1S/C28H41NO6S/c1-27-13-10-18(30)16-17(27)4-5-19-20-6-7-23(28(20,2)14-11-21(19)27)35-25(32)9-8-24(31)29-22(26(33)34)12-15-36-3/h16,19-23H,4-15H2,1-3H3,(H,29,31)(H,33,34)/t19-,20+,21+,22-,23+,27-,28-/m0/s1. The van der Waals surface area contributed by atoms with Crippen LogP contribution in [0, 0.1) is 28.6 Å². The van der Waals surface area contributed by atoms with Gasteiger partial charge in [-0.2, -0.15) is 11.8 Å². The van der Waals surface area contributed by atoms with Crippen LogP contribution in [-0.2, 0) is 23.9 Å². The Hall–Kier alpha value is -1.83. The number of nitrogens with one attached hydrogen (secondary N) is 1. The minimum absolute atomic E-state index is 0.0374. The number of carbonyl (C=O) groups excluding carboxylic acids is 3. The molecule has 0 aromatic heterocycles. The summed E-state index contributed by atoms with van der Waals surface area (Å²) in [5, 5.41) is 11.8. The molecule has 2 N–H and O–H groups in total. The lowest BCUT2D eigenvalue weighted by molar-refractivity contribution is -0.160. The summed E-state index contributed by atoms with van der Waals surface area (Å²) >= 11 is 1.53. The molecule has 4 rings (SSSR count). The summed E-state index contributed by atoms with van der Waals surface area (Å²) < 4.78 is 5.98. The summed E-state index contributed by atoms with van der Waals surface area (Å²) in [6.07, 6.45) is 11.7. The zero-order valence-electron chi connectivity index (χ0n) is 21.8. The molecule has 36 heavy (non-hydrogen) atoms. The average Bonchev–Trinajstić information content (AvgIpc) is 3.16. The fraction of sp³-hybridized carbons (Fsp3) is 0.786. The van der Waals surface area contributed by atoms with Crippen molar-refractivity contribution in [1.82, 2.24) is 5.32 Å². The fourth-order valence-electron chi connectivity index (χ4n) is 7.90. The molecule has 0 radical (unpaired) electrons. The van der Waals surface area contributed by atoms with Gasteiger partial charge in [0.2, 0.25) is 5.91 Å². The first-order valence-electron chi connectivity index (χ1n) is 13.5. The zero-order valence-corrected chi connectivity index (χ0v) is 22.7. The summed E-state index contributed by atoms with van der Waals surface area (Å²) in [5.74, 6) is 0.765. The third-order valence-electron chi connectivity index (χ3n) is 9.95. The van der Waals surface area contributed by atoms with E-state index < -0.39 is 17.9 Å². The second-order valence-electron chi connectivity index (χ2n) is 11.8. The van der Waals surface area contributed by atoms with Gasteiger partial charge in [-0.25, -0.2) is 4.79 Å². The molecule has 7 atom stereocenters. The molecule has 0 saturated heterocycles. The summed E-state index contributed by atoms with van der Waals surface area (Å²) in [7, 11) is 0. The van der Waals surface area contributed by atoms with Gasteiger partial charge in [0.15, 0.2) is 5.78 Å². The first kappa shape index (κ1) is 27.2. The van der Waals surface area contributed by atoms with Gasteiger partial charge in [0.25, 0.3) is 0 Å². The lowest BCUT2D eigenvalue weighted by atomic mass is 9.47. The van der Waals surface area contributed by atoms with Crippen LogP contribution < -0.4 is 5.32 Å². The number of esters is 1. The highest BCUT2D eigenvalue weighted by molar-refractivity contribution is 7.98. The Bertz CT molecular complexity index is 933. The van der Waals surface area contributed by atoms with Gasteiger partial charge >= 0.3 is 11.9 Å². The number of rotatable bonds is 9. The Kier molecular flexibility index (Phi) is 8.22. The molecule has 0 heterocycles. The maximum atomic E-state index is 12.7. The summed E-state index contributed by atoms with van der Waals surface area (Å²) in [5.41, 5.74) is 1.44. The van der Waals surface area contributed by atoms with E-state index in [4.69, 9.17) is 4.74 Å². The number of hydrogen-bond donors (Lipinski definition) is 2. The normalized spacial score (nSPS) is 36.1. The molecule has 0 aromatic rings. The molecule has 200 valence electrons. The largest absolute Gasteiger partial charge is 0.480 e. The van der Waals surface area contributed by atoms with E-state index in [-0.39, 0.29) is 41.5 Å². The van der Waals surface area contributed by atoms with E-state index in [1.54, 1.807) is 0 Å². The van der Waals surface area contributed by atoms with E-state index in [9.17, 15) is 24.3 Å². The Morgan fingerprint density at radius 3 is 2.61 bits per heavy atom. The molecule has 8 heteroatoms. The number of fused-ring (bicyclic) bond motifs is 5. The highest BCUT2D eigenvalue weighted by atomic mass is 32.2. The number of carboxylic acid groups (broad SMARTS) is 1. The van der Waals surface area contributed by atoms with Crippen LogP contribution in [0.3, 0.4) is 0 Å². The SMILES string of the molecule is CSCC[C@H](NC(=O)CCC(=O)O[C@@H]1CC[C@@H]2[C@@H]3CCC4=CC(=O)CC[C@]4(C)[C@@H]3CC[C@@]21C)C(=O)O. The van der Waals surface area contributed by atoms with Crippen LogP contribution in [0.5, 0.6) is 0 Å². The van der Waals surface area contributed by atoms with Crippen molar-refractivity contribution in [1.29, 1.82) is 0 Å². The second-order valence-corrected chi connectivity index (χ2v) is 12.8. The van der Waals surface area contributed by atoms with Gasteiger partial charge in [-0.3, -0.25) is 14.4 Å². The van der Waals surface area contributed by atoms with E-state index in [2.05, 4.69) is 19.2 Å². The number of ether oxygens (including phenoxy) is 1.